The van der Waals surface area contributed by atoms with E-state index in [4.69, 9.17) is 15.6 Å². The second-order valence-corrected chi connectivity index (χ2v) is 4.80. The molecule has 3 heterocycles. The molecular weight excluding hydrogens is 269 g/mol. The minimum absolute atomic E-state index is 0.279. The lowest BCUT2D eigenvalue weighted by Gasteiger charge is -2.15. The van der Waals surface area contributed by atoms with E-state index < -0.39 is 31.1 Å². The highest BCUT2D eigenvalue weighted by Crippen LogP contribution is 2.37. The fourth-order valence-electron chi connectivity index (χ4n) is 2.53. The molecule has 1 aliphatic heterocycles. The van der Waals surface area contributed by atoms with Gasteiger partial charge in [0.1, 0.15) is 24.1 Å². The quantitative estimate of drug-likeness (QED) is 0.511. The third-order valence-electron chi connectivity index (χ3n) is 3.53. The molecule has 0 radical (unpaired) electrons. The van der Waals surface area contributed by atoms with Crippen molar-refractivity contribution in [3.05, 3.63) is 28.2 Å². The molecule has 0 bridgehead atoms. The summed E-state index contributed by atoms with van der Waals surface area (Å²) in [6, 6.07) is 1.45. The summed E-state index contributed by atoms with van der Waals surface area (Å²) >= 11 is 0. The third kappa shape index (κ3) is 1.80. The first-order chi connectivity index (χ1) is 9.52. The van der Waals surface area contributed by atoms with Gasteiger partial charge in [-0.1, -0.05) is 0 Å². The fraction of sp³-hybridized carbons (Fsp3) is 0.417. The summed E-state index contributed by atoms with van der Waals surface area (Å²) in [6.45, 7) is -0.534. The van der Waals surface area contributed by atoms with Crippen LogP contribution in [0.1, 0.15) is 11.7 Å². The number of nitrogens with two attached hydrogens (primary N) is 1. The van der Waals surface area contributed by atoms with E-state index in [9.17, 15) is 14.3 Å². The van der Waals surface area contributed by atoms with Crippen molar-refractivity contribution in [3.63, 3.8) is 0 Å². The predicted molar refractivity (Wildman–Crippen MR) is 68.9 cm³/mol. The van der Waals surface area contributed by atoms with E-state index in [1.807, 2.05) is 0 Å². The van der Waals surface area contributed by atoms with Gasteiger partial charge in [0.2, 0.25) is 0 Å². The summed E-state index contributed by atoms with van der Waals surface area (Å²) in [4.78, 5) is 17.0. The number of aliphatic hydroxyl groups is 2. The molecule has 0 aromatic carbocycles. The van der Waals surface area contributed by atoms with Crippen LogP contribution < -0.4 is 11.3 Å². The van der Waals surface area contributed by atoms with Crippen LogP contribution in [0, 0.1) is 0 Å². The number of aliphatic hydroxyl groups excluding tert-OH is 2. The first-order valence-electron chi connectivity index (χ1n) is 6.11. The lowest BCUT2D eigenvalue weighted by molar-refractivity contribution is -0.0137. The number of nitrogens with one attached hydrogen (secondary N) is 2. The summed E-state index contributed by atoms with van der Waals surface area (Å²) in [5, 5.41) is 19.2. The molecule has 1 unspecified atom stereocenters. The molecule has 1 fully saturated rings. The standard InChI is InChI=1S/C12H14FN3O4/c13-8-6(3-17)20-11(10(8)18)5-2-15-12(19)4-1-7(14)16-9(4)5/h1-2,6,8,10-11,16-18H,3,14H2,(H,15,19)/t6-,8-,10-,11?/m1/s1. The van der Waals surface area contributed by atoms with Crippen molar-refractivity contribution in [1.29, 1.82) is 0 Å². The topological polar surface area (TPSA) is 124 Å². The molecular formula is C12H14FN3O4. The summed E-state index contributed by atoms with van der Waals surface area (Å²) < 4.78 is 19.1. The van der Waals surface area contributed by atoms with Crippen LogP contribution in [0.25, 0.3) is 10.9 Å². The number of alkyl halides is 1. The molecule has 1 aliphatic rings. The van der Waals surface area contributed by atoms with E-state index in [1.165, 1.54) is 12.3 Å². The maximum Gasteiger partial charge on any atom is 0.257 e. The van der Waals surface area contributed by atoms with Gasteiger partial charge in [-0.2, -0.15) is 0 Å². The van der Waals surface area contributed by atoms with Crippen LogP contribution in [0.5, 0.6) is 0 Å². The number of rotatable bonds is 2. The molecule has 0 saturated carbocycles. The Morgan fingerprint density at radius 3 is 2.90 bits per heavy atom. The van der Waals surface area contributed by atoms with E-state index in [0.29, 0.717) is 16.5 Å². The van der Waals surface area contributed by atoms with Gasteiger partial charge in [0, 0.05) is 11.8 Å². The van der Waals surface area contributed by atoms with Gasteiger partial charge in [-0.05, 0) is 6.07 Å². The number of fused-ring (bicyclic) bond motifs is 1. The van der Waals surface area contributed by atoms with Crippen LogP contribution in [-0.2, 0) is 4.74 Å². The van der Waals surface area contributed by atoms with Gasteiger partial charge >= 0.3 is 0 Å². The van der Waals surface area contributed by atoms with Crippen LogP contribution in [0.3, 0.4) is 0 Å². The molecule has 8 heteroatoms. The largest absolute Gasteiger partial charge is 0.394 e. The zero-order chi connectivity index (χ0) is 14.4. The first kappa shape index (κ1) is 13.1. The van der Waals surface area contributed by atoms with Crippen molar-refractivity contribution in [2.45, 2.75) is 24.5 Å². The number of hydrogen-bond acceptors (Lipinski definition) is 5. The van der Waals surface area contributed by atoms with Crippen LogP contribution >= 0.6 is 0 Å². The Balaban J connectivity index is 2.11. The maximum absolute atomic E-state index is 13.8. The number of halogens is 1. The molecule has 4 atom stereocenters. The van der Waals surface area contributed by atoms with Gasteiger partial charge in [-0.3, -0.25) is 4.79 Å². The highest BCUT2D eigenvalue weighted by Gasteiger charge is 2.45. The number of aromatic nitrogens is 2. The number of pyridine rings is 1. The van der Waals surface area contributed by atoms with E-state index >= 15 is 0 Å². The van der Waals surface area contributed by atoms with Crippen molar-refractivity contribution in [2.75, 3.05) is 12.3 Å². The number of H-pyrrole nitrogens is 2. The number of hydrogen-bond donors (Lipinski definition) is 5. The maximum atomic E-state index is 13.8. The smallest absolute Gasteiger partial charge is 0.257 e. The molecule has 0 spiro atoms. The molecule has 1 saturated heterocycles. The Hall–Kier alpha value is -1.90. The van der Waals surface area contributed by atoms with Gasteiger partial charge in [-0.15, -0.1) is 0 Å². The zero-order valence-electron chi connectivity index (χ0n) is 10.3. The lowest BCUT2D eigenvalue weighted by atomic mass is 10.0. The summed E-state index contributed by atoms with van der Waals surface area (Å²) in [5.74, 6) is 0.279. The van der Waals surface area contributed by atoms with Crippen molar-refractivity contribution in [1.82, 2.24) is 9.97 Å². The van der Waals surface area contributed by atoms with Gasteiger partial charge in [0.05, 0.1) is 17.5 Å². The van der Waals surface area contributed by atoms with Crippen LogP contribution in [0.4, 0.5) is 10.2 Å². The minimum Gasteiger partial charge on any atom is -0.394 e. The molecule has 0 amide bonds. The third-order valence-corrected chi connectivity index (χ3v) is 3.53. The minimum atomic E-state index is -1.70. The molecule has 108 valence electrons. The van der Waals surface area contributed by atoms with Gasteiger partial charge in [0.15, 0.2) is 6.17 Å². The monoisotopic (exact) mass is 283 g/mol. The number of nitrogen functional groups attached to an aromatic ring is 1. The molecule has 0 aliphatic carbocycles. The Bertz CT molecular complexity index is 698. The van der Waals surface area contributed by atoms with Gasteiger partial charge in [0.25, 0.3) is 5.56 Å². The van der Waals surface area contributed by atoms with E-state index in [-0.39, 0.29) is 11.4 Å². The fourth-order valence-corrected chi connectivity index (χ4v) is 2.53. The molecule has 2 aromatic heterocycles. The van der Waals surface area contributed by atoms with Crippen LogP contribution in [-0.4, -0.2) is 45.2 Å². The molecule has 2 aromatic rings. The summed E-state index contributed by atoms with van der Waals surface area (Å²) in [7, 11) is 0. The van der Waals surface area contributed by atoms with Crippen LogP contribution in [0.2, 0.25) is 0 Å². The molecule has 6 N–H and O–H groups in total. The van der Waals surface area contributed by atoms with E-state index in [0.717, 1.165) is 0 Å². The second kappa shape index (κ2) is 4.58. The Labute approximate surface area is 112 Å². The highest BCUT2D eigenvalue weighted by atomic mass is 19.1. The van der Waals surface area contributed by atoms with Crippen molar-refractivity contribution in [2.24, 2.45) is 0 Å². The summed E-state index contributed by atoms with van der Waals surface area (Å²) in [5.41, 5.74) is 6.05. The second-order valence-electron chi connectivity index (χ2n) is 4.80. The average molecular weight is 283 g/mol. The van der Waals surface area contributed by atoms with E-state index in [2.05, 4.69) is 9.97 Å². The van der Waals surface area contributed by atoms with Crippen molar-refractivity contribution < 1.29 is 19.3 Å². The van der Waals surface area contributed by atoms with Crippen molar-refractivity contribution >= 4 is 16.7 Å². The molecule has 7 nitrogen and oxygen atoms in total. The number of anilines is 1. The Kier molecular flexibility index (Phi) is 3.00. The Morgan fingerprint density at radius 2 is 2.25 bits per heavy atom. The number of ether oxygens (including phenoxy) is 1. The average Bonchev–Trinajstić information content (AvgIpc) is 2.94. The highest BCUT2D eigenvalue weighted by molar-refractivity contribution is 5.85. The zero-order valence-corrected chi connectivity index (χ0v) is 10.3. The first-order valence-corrected chi connectivity index (χ1v) is 6.11. The van der Waals surface area contributed by atoms with Gasteiger partial charge in [-0.25, -0.2) is 4.39 Å². The molecule has 20 heavy (non-hydrogen) atoms. The lowest BCUT2D eigenvalue weighted by Crippen LogP contribution is -2.28. The predicted octanol–water partition coefficient (Wildman–Crippen LogP) is -0.430. The summed E-state index contributed by atoms with van der Waals surface area (Å²) in [6.07, 6.45) is -3.85. The Morgan fingerprint density at radius 1 is 1.50 bits per heavy atom. The van der Waals surface area contributed by atoms with Crippen molar-refractivity contribution in [3.8, 4) is 0 Å². The normalized spacial score (nSPS) is 30.1. The molecule has 3 rings (SSSR count). The SMILES string of the molecule is Nc1cc2c(=O)[nH]cc(C3O[C@H](CO)[C@@H](F)[C@H]3O)c2[nH]1. The van der Waals surface area contributed by atoms with E-state index in [1.54, 1.807) is 0 Å². The van der Waals surface area contributed by atoms with Crippen LogP contribution in [0.15, 0.2) is 17.1 Å². The number of aromatic amines is 2. The van der Waals surface area contributed by atoms with Gasteiger partial charge < -0.3 is 30.7 Å².